The number of hydrogen-bond acceptors (Lipinski definition) is 3. The van der Waals surface area contributed by atoms with Gasteiger partial charge in [-0.25, -0.2) is 9.18 Å². The van der Waals surface area contributed by atoms with E-state index in [1.807, 2.05) is 12.1 Å². The van der Waals surface area contributed by atoms with Gasteiger partial charge in [-0.1, -0.05) is 60.7 Å². The number of benzene rings is 2. The van der Waals surface area contributed by atoms with Crippen molar-refractivity contribution in [2.24, 2.45) is 0 Å². The van der Waals surface area contributed by atoms with Gasteiger partial charge in [0, 0.05) is 0 Å². The molecule has 0 bridgehead atoms. The molecule has 0 spiro atoms. The molecular formula is C17H15FO3. The Labute approximate surface area is 122 Å². The summed E-state index contributed by atoms with van der Waals surface area (Å²) in [7, 11) is 0. The van der Waals surface area contributed by atoms with Gasteiger partial charge in [0.05, 0.1) is 0 Å². The molecule has 0 saturated heterocycles. The number of hydrogen-bond donors (Lipinski definition) is 0. The number of Topliss-reactive ketones (excluding diaryl/α,β-unsaturated/α-hetero) is 1. The van der Waals surface area contributed by atoms with E-state index in [2.05, 4.69) is 0 Å². The molecule has 2 aromatic rings. The monoisotopic (exact) mass is 286 g/mol. The molecule has 0 N–H and O–H groups in total. The van der Waals surface area contributed by atoms with Crippen molar-refractivity contribution in [3.8, 4) is 0 Å². The maximum absolute atomic E-state index is 13.5. The first-order valence-electron chi connectivity index (χ1n) is 6.54. The maximum atomic E-state index is 13.5. The Hall–Kier alpha value is -2.49. The summed E-state index contributed by atoms with van der Waals surface area (Å²) >= 11 is 0. The van der Waals surface area contributed by atoms with Crippen LogP contribution in [-0.4, -0.2) is 17.9 Å². The van der Waals surface area contributed by atoms with Gasteiger partial charge in [-0.15, -0.1) is 0 Å². The van der Waals surface area contributed by atoms with Crippen molar-refractivity contribution in [2.75, 3.05) is 0 Å². The third-order valence-corrected chi connectivity index (χ3v) is 3.00. The number of alkyl halides is 1. The summed E-state index contributed by atoms with van der Waals surface area (Å²) in [6.07, 6.45) is -2.99. The average molecular weight is 286 g/mol. The number of rotatable bonds is 5. The van der Waals surface area contributed by atoms with Crippen LogP contribution in [0.3, 0.4) is 0 Å². The zero-order valence-electron chi connectivity index (χ0n) is 11.5. The summed E-state index contributed by atoms with van der Waals surface area (Å²) < 4.78 is 18.7. The highest BCUT2D eigenvalue weighted by Crippen LogP contribution is 2.26. The molecular weight excluding hydrogens is 271 g/mol. The molecule has 1 atom stereocenters. The molecule has 0 aliphatic carbocycles. The highest BCUT2D eigenvalue weighted by atomic mass is 19.1. The predicted octanol–water partition coefficient (Wildman–Crippen LogP) is 3.25. The minimum Gasteiger partial charge on any atom is -0.450 e. The highest BCUT2D eigenvalue weighted by molar-refractivity contribution is 6.00. The fourth-order valence-corrected chi connectivity index (χ4v) is 1.93. The van der Waals surface area contributed by atoms with Gasteiger partial charge < -0.3 is 4.74 Å². The predicted molar refractivity (Wildman–Crippen MR) is 76.4 cm³/mol. The van der Waals surface area contributed by atoms with Gasteiger partial charge >= 0.3 is 5.97 Å². The van der Waals surface area contributed by atoms with Crippen molar-refractivity contribution in [1.82, 2.24) is 0 Å². The molecule has 0 radical (unpaired) electrons. The molecule has 2 rings (SSSR count). The Bertz CT molecular complexity index is 571. The van der Waals surface area contributed by atoms with Gasteiger partial charge in [0.15, 0.2) is 11.9 Å². The summed E-state index contributed by atoms with van der Waals surface area (Å²) in [4.78, 5) is 22.7. The van der Waals surface area contributed by atoms with Crippen LogP contribution >= 0.6 is 0 Å². The van der Waals surface area contributed by atoms with E-state index >= 15 is 0 Å². The second kappa shape index (κ2) is 6.79. The van der Waals surface area contributed by atoms with Crippen LogP contribution in [0.5, 0.6) is 0 Å². The minimum absolute atomic E-state index is 0.716. The van der Waals surface area contributed by atoms with E-state index in [1.165, 1.54) is 0 Å². The molecule has 2 aromatic carbocycles. The molecule has 0 aromatic heterocycles. The molecule has 3 nitrogen and oxygen atoms in total. The van der Waals surface area contributed by atoms with E-state index in [9.17, 15) is 14.0 Å². The topological polar surface area (TPSA) is 43.4 Å². The lowest BCUT2D eigenvalue weighted by Crippen LogP contribution is -2.27. The molecule has 1 unspecified atom stereocenters. The Morgan fingerprint density at radius 2 is 1.33 bits per heavy atom. The SMILES string of the molecule is CC(=O)C(F)C(=O)OC(c1ccccc1)c1ccccc1. The van der Waals surface area contributed by atoms with Gasteiger partial charge in [-0.05, 0) is 18.1 Å². The first kappa shape index (κ1) is 14.9. The number of esters is 1. The van der Waals surface area contributed by atoms with Crippen molar-refractivity contribution < 1.29 is 18.7 Å². The summed E-state index contributed by atoms with van der Waals surface area (Å²) in [5, 5.41) is 0. The number of ketones is 1. The fraction of sp³-hybridized carbons (Fsp3) is 0.176. The number of halogens is 1. The summed E-state index contributed by atoms with van der Waals surface area (Å²) in [6.45, 7) is 1.02. The van der Waals surface area contributed by atoms with E-state index in [0.717, 1.165) is 6.92 Å². The van der Waals surface area contributed by atoms with E-state index < -0.39 is 24.0 Å². The van der Waals surface area contributed by atoms with Gasteiger partial charge in [0.2, 0.25) is 0 Å². The molecule has 21 heavy (non-hydrogen) atoms. The fourth-order valence-electron chi connectivity index (χ4n) is 1.93. The van der Waals surface area contributed by atoms with E-state index in [4.69, 9.17) is 4.74 Å². The third kappa shape index (κ3) is 3.75. The summed E-state index contributed by atoms with van der Waals surface area (Å²) in [6, 6.07) is 18.0. The Morgan fingerprint density at radius 3 is 1.71 bits per heavy atom. The van der Waals surface area contributed by atoms with Crippen molar-refractivity contribution in [3.05, 3.63) is 71.8 Å². The van der Waals surface area contributed by atoms with E-state index in [1.54, 1.807) is 48.5 Å². The molecule has 108 valence electrons. The molecule has 4 heteroatoms. The number of carbonyl (C=O) groups is 2. The van der Waals surface area contributed by atoms with Crippen LogP contribution in [-0.2, 0) is 14.3 Å². The average Bonchev–Trinajstić information content (AvgIpc) is 2.53. The molecule has 0 aliphatic rings. The minimum atomic E-state index is -2.25. The Kier molecular flexibility index (Phi) is 4.82. The molecule has 0 amide bonds. The standard InChI is InChI=1S/C17H15FO3/c1-12(19)15(18)17(20)21-16(13-8-4-2-5-9-13)14-10-6-3-7-11-14/h2-11,15-16H,1H3. The first-order chi connectivity index (χ1) is 10.1. The quantitative estimate of drug-likeness (QED) is 0.626. The van der Waals surface area contributed by atoms with Crippen molar-refractivity contribution in [3.63, 3.8) is 0 Å². The van der Waals surface area contributed by atoms with Crippen molar-refractivity contribution >= 4 is 11.8 Å². The van der Waals surface area contributed by atoms with Gasteiger partial charge in [0.25, 0.3) is 6.17 Å². The van der Waals surface area contributed by atoms with Crippen LogP contribution in [0.4, 0.5) is 4.39 Å². The van der Waals surface area contributed by atoms with E-state index in [0.29, 0.717) is 11.1 Å². The summed E-state index contributed by atoms with van der Waals surface area (Å²) in [5.74, 6) is -2.03. The van der Waals surface area contributed by atoms with Gasteiger partial charge in [-0.2, -0.15) is 0 Å². The van der Waals surface area contributed by atoms with Crippen molar-refractivity contribution in [2.45, 2.75) is 19.2 Å². The van der Waals surface area contributed by atoms with Gasteiger partial charge in [-0.3, -0.25) is 4.79 Å². The smallest absolute Gasteiger partial charge is 0.349 e. The van der Waals surface area contributed by atoms with Crippen LogP contribution in [0, 0.1) is 0 Å². The largest absolute Gasteiger partial charge is 0.450 e. The normalized spacial score (nSPS) is 12.0. The van der Waals surface area contributed by atoms with Crippen LogP contribution in [0.2, 0.25) is 0 Å². The van der Waals surface area contributed by atoms with E-state index in [-0.39, 0.29) is 0 Å². The molecule has 0 heterocycles. The third-order valence-electron chi connectivity index (χ3n) is 3.00. The highest BCUT2D eigenvalue weighted by Gasteiger charge is 2.28. The van der Waals surface area contributed by atoms with Crippen LogP contribution in [0.15, 0.2) is 60.7 Å². The lowest BCUT2D eigenvalue weighted by Gasteiger charge is -2.19. The number of carbonyl (C=O) groups excluding carboxylic acids is 2. The lowest BCUT2D eigenvalue weighted by atomic mass is 10.0. The lowest BCUT2D eigenvalue weighted by molar-refractivity contribution is -0.156. The summed E-state index contributed by atoms with van der Waals surface area (Å²) in [5.41, 5.74) is 1.43. The van der Waals surface area contributed by atoms with Crippen LogP contribution < -0.4 is 0 Å². The first-order valence-corrected chi connectivity index (χ1v) is 6.54. The zero-order chi connectivity index (χ0) is 15.2. The molecule has 0 aliphatic heterocycles. The number of ether oxygens (including phenoxy) is 1. The van der Waals surface area contributed by atoms with Crippen LogP contribution in [0.1, 0.15) is 24.2 Å². The van der Waals surface area contributed by atoms with Gasteiger partial charge in [0.1, 0.15) is 0 Å². The second-order valence-electron chi connectivity index (χ2n) is 4.61. The van der Waals surface area contributed by atoms with Crippen molar-refractivity contribution in [1.29, 1.82) is 0 Å². The Morgan fingerprint density at radius 1 is 0.905 bits per heavy atom. The zero-order valence-corrected chi connectivity index (χ0v) is 11.5. The van der Waals surface area contributed by atoms with Crippen LogP contribution in [0.25, 0.3) is 0 Å². The molecule has 0 saturated carbocycles. The second-order valence-corrected chi connectivity index (χ2v) is 4.61. The molecule has 0 fully saturated rings. The maximum Gasteiger partial charge on any atom is 0.349 e. The Balaban J connectivity index is 2.30.